The first-order valence-corrected chi connectivity index (χ1v) is 5.52. The van der Waals surface area contributed by atoms with E-state index in [9.17, 15) is 4.79 Å². The van der Waals surface area contributed by atoms with Gasteiger partial charge in [0.25, 0.3) is 0 Å². The van der Waals surface area contributed by atoms with E-state index in [1.165, 1.54) is 0 Å². The van der Waals surface area contributed by atoms with Crippen molar-refractivity contribution in [2.24, 2.45) is 5.73 Å². The number of anilines is 1. The van der Waals surface area contributed by atoms with Crippen molar-refractivity contribution in [2.45, 2.75) is 26.4 Å². The smallest absolute Gasteiger partial charge is 0.414 e. The molecule has 3 N–H and O–H groups in total. The van der Waals surface area contributed by atoms with Crippen molar-refractivity contribution in [3.05, 3.63) is 24.5 Å². The second kappa shape index (κ2) is 5.59. The molecule has 1 heterocycles. The van der Waals surface area contributed by atoms with Crippen LogP contribution in [0, 0.1) is 0 Å². The van der Waals surface area contributed by atoms with Crippen molar-refractivity contribution in [3.63, 3.8) is 0 Å². The van der Waals surface area contributed by atoms with Gasteiger partial charge in [0.15, 0.2) is 0 Å². The van der Waals surface area contributed by atoms with Gasteiger partial charge in [-0.05, 0) is 26.3 Å². The molecule has 0 spiro atoms. The second-order valence-corrected chi connectivity index (χ2v) is 4.73. The van der Waals surface area contributed by atoms with Crippen molar-refractivity contribution in [1.29, 1.82) is 0 Å². The van der Waals surface area contributed by atoms with E-state index in [1.54, 1.807) is 33.2 Å². The van der Waals surface area contributed by atoms with Gasteiger partial charge in [-0.15, -0.1) is 0 Å². The predicted octanol–water partition coefficient (Wildman–Crippen LogP) is 1.80. The van der Waals surface area contributed by atoms with Gasteiger partial charge in [-0.3, -0.25) is 5.32 Å². The maximum Gasteiger partial charge on any atom is 0.414 e. The van der Waals surface area contributed by atoms with Gasteiger partial charge in [0.1, 0.15) is 5.60 Å². The first kappa shape index (κ1) is 14.1. The lowest BCUT2D eigenvalue weighted by Gasteiger charge is -2.19. The van der Waals surface area contributed by atoms with Crippen LogP contribution in [-0.2, 0) is 4.74 Å². The zero-order chi connectivity index (χ0) is 13.8. The minimum Gasteiger partial charge on any atom is -0.444 e. The molecule has 0 radical (unpaired) electrons. The standard InChI is InChI=1S/C12H18N4O2/c1-8(5-13)9-6-14-10(15-7-9)16-11(17)18-12(2,3)4/h6-7H,1,5,13H2,2-4H3,(H,14,15,16,17). The molecule has 0 atom stereocenters. The average Bonchev–Trinajstić information content (AvgIpc) is 2.26. The summed E-state index contributed by atoms with van der Waals surface area (Å²) < 4.78 is 5.07. The molecule has 1 aromatic rings. The Kier molecular flexibility index (Phi) is 4.38. The van der Waals surface area contributed by atoms with Crippen LogP contribution in [0.1, 0.15) is 26.3 Å². The molecule has 1 aromatic heterocycles. The molecule has 18 heavy (non-hydrogen) atoms. The number of amides is 1. The Bertz CT molecular complexity index is 434. The summed E-state index contributed by atoms with van der Waals surface area (Å²) in [7, 11) is 0. The summed E-state index contributed by atoms with van der Waals surface area (Å²) in [4.78, 5) is 19.4. The lowest BCUT2D eigenvalue weighted by molar-refractivity contribution is 0.0634. The van der Waals surface area contributed by atoms with Crippen molar-refractivity contribution in [2.75, 3.05) is 11.9 Å². The summed E-state index contributed by atoms with van der Waals surface area (Å²) in [5.74, 6) is 0.179. The van der Waals surface area contributed by atoms with Gasteiger partial charge in [0, 0.05) is 24.5 Å². The molecular weight excluding hydrogens is 232 g/mol. The van der Waals surface area contributed by atoms with Crippen LogP contribution in [0.4, 0.5) is 10.7 Å². The van der Waals surface area contributed by atoms with Crippen LogP contribution in [0.15, 0.2) is 19.0 Å². The fraction of sp³-hybridized carbons (Fsp3) is 0.417. The van der Waals surface area contributed by atoms with Crippen LogP contribution >= 0.6 is 0 Å². The van der Waals surface area contributed by atoms with E-state index in [4.69, 9.17) is 10.5 Å². The SMILES string of the molecule is C=C(CN)c1cnc(NC(=O)OC(C)(C)C)nc1. The number of nitrogens with zero attached hydrogens (tertiary/aromatic N) is 2. The molecule has 98 valence electrons. The van der Waals surface area contributed by atoms with Gasteiger partial charge < -0.3 is 10.5 Å². The zero-order valence-corrected chi connectivity index (χ0v) is 10.9. The average molecular weight is 250 g/mol. The quantitative estimate of drug-likeness (QED) is 0.853. The van der Waals surface area contributed by atoms with Crippen LogP contribution in [0.2, 0.25) is 0 Å². The van der Waals surface area contributed by atoms with Gasteiger partial charge >= 0.3 is 6.09 Å². The highest BCUT2D eigenvalue weighted by molar-refractivity contribution is 5.82. The number of carbonyl (C=O) groups is 1. The molecule has 0 aliphatic rings. The van der Waals surface area contributed by atoms with Crippen molar-refractivity contribution in [1.82, 2.24) is 9.97 Å². The molecule has 1 amide bonds. The Morgan fingerprint density at radius 3 is 2.44 bits per heavy atom. The van der Waals surface area contributed by atoms with Crippen LogP contribution in [0.5, 0.6) is 0 Å². The molecule has 6 heteroatoms. The molecule has 0 fully saturated rings. The first-order valence-electron chi connectivity index (χ1n) is 5.52. The number of hydrogen-bond acceptors (Lipinski definition) is 5. The summed E-state index contributed by atoms with van der Waals surface area (Å²) in [6.45, 7) is 9.44. The van der Waals surface area contributed by atoms with Gasteiger partial charge in [-0.2, -0.15) is 0 Å². The molecule has 6 nitrogen and oxygen atoms in total. The van der Waals surface area contributed by atoms with Crippen LogP contribution in [0.3, 0.4) is 0 Å². The minimum absolute atomic E-state index is 0.179. The molecule has 0 bridgehead atoms. The Morgan fingerprint density at radius 1 is 1.44 bits per heavy atom. The fourth-order valence-electron chi connectivity index (χ4n) is 1.09. The van der Waals surface area contributed by atoms with E-state index >= 15 is 0 Å². The summed E-state index contributed by atoms with van der Waals surface area (Å²) in [6.07, 6.45) is 2.51. The summed E-state index contributed by atoms with van der Waals surface area (Å²) in [5.41, 5.74) is 6.37. The molecular formula is C12H18N4O2. The van der Waals surface area contributed by atoms with E-state index in [1.807, 2.05) is 0 Å². The third-order valence-corrected chi connectivity index (χ3v) is 1.92. The Hall–Kier alpha value is -1.95. The van der Waals surface area contributed by atoms with Crippen LogP contribution in [0.25, 0.3) is 5.57 Å². The van der Waals surface area contributed by atoms with Gasteiger partial charge in [-0.25, -0.2) is 14.8 Å². The molecule has 0 aliphatic carbocycles. The maximum atomic E-state index is 11.5. The number of rotatable bonds is 3. The molecule has 0 saturated heterocycles. The highest BCUT2D eigenvalue weighted by Gasteiger charge is 2.16. The third-order valence-electron chi connectivity index (χ3n) is 1.92. The number of carbonyl (C=O) groups excluding carboxylic acids is 1. The summed E-state index contributed by atoms with van der Waals surface area (Å²) in [6, 6.07) is 0. The monoisotopic (exact) mass is 250 g/mol. The summed E-state index contributed by atoms with van der Waals surface area (Å²) >= 11 is 0. The molecule has 1 rings (SSSR count). The van der Waals surface area contributed by atoms with Crippen molar-refractivity contribution >= 4 is 17.6 Å². The highest BCUT2D eigenvalue weighted by Crippen LogP contribution is 2.11. The fourth-order valence-corrected chi connectivity index (χ4v) is 1.09. The molecule has 0 aliphatic heterocycles. The van der Waals surface area contributed by atoms with Crippen molar-refractivity contribution < 1.29 is 9.53 Å². The van der Waals surface area contributed by atoms with Crippen molar-refractivity contribution in [3.8, 4) is 0 Å². The van der Waals surface area contributed by atoms with Gasteiger partial charge in [0.05, 0.1) is 0 Å². The summed E-state index contributed by atoms with van der Waals surface area (Å²) in [5, 5.41) is 2.44. The zero-order valence-electron chi connectivity index (χ0n) is 10.9. The number of ether oxygens (including phenoxy) is 1. The lowest BCUT2D eigenvalue weighted by atomic mass is 10.2. The normalized spacial score (nSPS) is 10.9. The topological polar surface area (TPSA) is 90.1 Å². The highest BCUT2D eigenvalue weighted by atomic mass is 16.6. The van der Waals surface area contributed by atoms with Crippen LogP contribution < -0.4 is 11.1 Å². The third kappa shape index (κ3) is 4.50. The Labute approximate surface area is 106 Å². The number of nitrogens with two attached hydrogens (primary N) is 1. The van der Waals surface area contributed by atoms with Gasteiger partial charge in [-0.1, -0.05) is 6.58 Å². The van der Waals surface area contributed by atoms with E-state index in [-0.39, 0.29) is 5.95 Å². The van der Waals surface area contributed by atoms with E-state index in [0.717, 1.165) is 11.1 Å². The number of aromatic nitrogens is 2. The van der Waals surface area contributed by atoms with Gasteiger partial charge in [0.2, 0.25) is 5.95 Å². The minimum atomic E-state index is -0.590. The van der Waals surface area contributed by atoms with E-state index < -0.39 is 11.7 Å². The number of nitrogens with one attached hydrogen (secondary N) is 1. The Balaban J connectivity index is 2.64. The molecule has 0 aromatic carbocycles. The second-order valence-electron chi connectivity index (χ2n) is 4.73. The Morgan fingerprint density at radius 2 is 2.00 bits per heavy atom. The van der Waals surface area contributed by atoms with E-state index in [2.05, 4.69) is 21.9 Å². The van der Waals surface area contributed by atoms with E-state index in [0.29, 0.717) is 6.54 Å². The predicted molar refractivity (Wildman–Crippen MR) is 70.0 cm³/mol. The van der Waals surface area contributed by atoms with Crippen LogP contribution in [-0.4, -0.2) is 28.2 Å². The largest absolute Gasteiger partial charge is 0.444 e. The molecule has 0 saturated carbocycles. The first-order chi connectivity index (χ1) is 8.31. The lowest BCUT2D eigenvalue weighted by Crippen LogP contribution is -2.27. The molecule has 0 unspecified atom stereocenters. The number of hydrogen-bond donors (Lipinski definition) is 2. The maximum absolute atomic E-state index is 11.5.